The van der Waals surface area contributed by atoms with Gasteiger partial charge in [-0.05, 0) is 44.0 Å². The molecule has 0 aliphatic rings. The number of nitrogens with one attached hydrogen (secondary N) is 1. The molecule has 2 rings (SSSR count). The molecule has 0 aliphatic heterocycles. The third-order valence-corrected chi connectivity index (χ3v) is 5.88. The molecule has 0 saturated heterocycles. The first-order chi connectivity index (χ1) is 13.4. The Morgan fingerprint density at radius 2 is 1.86 bits per heavy atom. The van der Waals surface area contributed by atoms with Crippen LogP contribution in [0.5, 0.6) is 0 Å². The lowest BCUT2D eigenvalue weighted by molar-refractivity contribution is -0.138. The Balaban J connectivity index is 2.04. The first-order valence-corrected chi connectivity index (χ1v) is 11.3. The summed E-state index contributed by atoms with van der Waals surface area (Å²) >= 11 is 5.00. The lowest BCUT2D eigenvalue weighted by Crippen LogP contribution is -2.48. The molecule has 6 heteroatoms. The van der Waals surface area contributed by atoms with E-state index in [-0.39, 0.29) is 11.8 Å². The SMILES string of the molecule is CCNC(=O)C(C)N(Cc1ccc(Br)cc1)C(=O)CSCc1cccc(C)c1. The molecule has 150 valence electrons. The van der Waals surface area contributed by atoms with Crippen molar-refractivity contribution in [1.29, 1.82) is 0 Å². The highest BCUT2D eigenvalue weighted by Crippen LogP contribution is 2.18. The van der Waals surface area contributed by atoms with E-state index in [0.29, 0.717) is 18.8 Å². The lowest BCUT2D eigenvalue weighted by Gasteiger charge is -2.28. The second-order valence-corrected chi connectivity index (χ2v) is 8.60. The van der Waals surface area contributed by atoms with E-state index in [2.05, 4.69) is 46.4 Å². The van der Waals surface area contributed by atoms with Crippen molar-refractivity contribution in [3.8, 4) is 0 Å². The molecule has 2 amide bonds. The second-order valence-electron chi connectivity index (χ2n) is 6.70. The average Bonchev–Trinajstić information content (AvgIpc) is 2.67. The minimum Gasteiger partial charge on any atom is -0.355 e. The maximum absolute atomic E-state index is 12.9. The van der Waals surface area contributed by atoms with Crippen molar-refractivity contribution in [1.82, 2.24) is 10.2 Å². The molecular formula is C22H27BrN2O2S. The Hall–Kier alpha value is -1.79. The minimum absolute atomic E-state index is 0.0284. The first kappa shape index (κ1) is 22.5. The average molecular weight is 463 g/mol. The number of aryl methyl sites for hydroxylation is 1. The van der Waals surface area contributed by atoms with Crippen molar-refractivity contribution in [2.24, 2.45) is 0 Å². The van der Waals surface area contributed by atoms with E-state index >= 15 is 0 Å². The van der Waals surface area contributed by atoms with Crippen LogP contribution in [0.4, 0.5) is 0 Å². The summed E-state index contributed by atoms with van der Waals surface area (Å²) < 4.78 is 0.986. The summed E-state index contributed by atoms with van der Waals surface area (Å²) in [7, 11) is 0. The number of hydrogen-bond donors (Lipinski definition) is 1. The van der Waals surface area contributed by atoms with Crippen LogP contribution >= 0.6 is 27.7 Å². The molecule has 1 atom stereocenters. The summed E-state index contributed by atoms with van der Waals surface area (Å²) in [5, 5.41) is 2.82. The summed E-state index contributed by atoms with van der Waals surface area (Å²) in [5.74, 6) is 0.958. The van der Waals surface area contributed by atoms with Gasteiger partial charge in [0.25, 0.3) is 0 Å². The minimum atomic E-state index is -0.518. The lowest BCUT2D eigenvalue weighted by atomic mass is 10.1. The monoisotopic (exact) mass is 462 g/mol. The smallest absolute Gasteiger partial charge is 0.242 e. The standard InChI is InChI=1S/C22H27BrN2O2S/c1-4-24-22(27)17(3)25(13-18-8-10-20(23)11-9-18)21(26)15-28-14-19-7-5-6-16(2)12-19/h5-12,17H,4,13-15H2,1-3H3,(H,24,27). The van der Waals surface area contributed by atoms with Crippen LogP contribution in [0.3, 0.4) is 0 Å². The van der Waals surface area contributed by atoms with Crippen LogP contribution in [0, 0.1) is 6.92 Å². The number of halogens is 1. The van der Waals surface area contributed by atoms with Crippen LogP contribution < -0.4 is 5.32 Å². The van der Waals surface area contributed by atoms with E-state index < -0.39 is 6.04 Å². The predicted molar refractivity (Wildman–Crippen MR) is 120 cm³/mol. The van der Waals surface area contributed by atoms with Gasteiger partial charge in [-0.1, -0.05) is 57.9 Å². The first-order valence-electron chi connectivity index (χ1n) is 9.35. The molecule has 0 spiro atoms. The number of rotatable bonds is 9. The van der Waals surface area contributed by atoms with Crippen molar-refractivity contribution < 1.29 is 9.59 Å². The highest BCUT2D eigenvalue weighted by molar-refractivity contribution is 9.10. The summed E-state index contributed by atoms with van der Waals surface area (Å²) in [6, 6.07) is 15.6. The van der Waals surface area contributed by atoms with E-state index in [1.165, 1.54) is 11.1 Å². The molecule has 0 radical (unpaired) electrons. The van der Waals surface area contributed by atoms with Crippen LogP contribution in [-0.4, -0.2) is 35.1 Å². The Morgan fingerprint density at radius 1 is 1.14 bits per heavy atom. The number of carbonyl (C=O) groups excluding carboxylic acids is 2. The van der Waals surface area contributed by atoms with Gasteiger partial charge in [-0.15, -0.1) is 11.8 Å². The van der Waals surface area contributed by atoms with Gasteiger partial charge >= 0.3 is 0 Å². The van der Waals surface area contributed by atoms with Crippen molar-refractivity contribution in [2.45, 2.75) is 39.1 Å². The largest absolute Gasteiger partial charge is 0.355 e. The number of thioether (sulfide) groups is 1. The van der Waals surface area contributed by atoms with Crippen molar-refractivity contribution in [3.05, 3.63) is 69.7 Å². The van der Waals surface area contributed by atoms with Gasteiger partial charge in [0.15, 0.2) is 0 Å². The van der Waals surface area contributed by atoms with Gasteiger partial charge in [-0.25, -0.2) is 0 Å². The van der Waals surface area contributed by atoms with E-state index in [1.54, 1.807) is 23.6 Å². The van der Waals surface area contributed by atoms with Crippen molar-refractivity contribution in [2.75, 3.05) is 12.3 Å². The molecular weight excluding hydrogens is 436 g/mol. The topological polar surface area (TPSA) is 49.4 Å². The van der Waals surface area contributed by atoms with Gasteiger partial charge in [0, 0.05) is 23.3 Å². The normalized spacial score (nSPS) is 11.7. The third kappa shape index (κ3) is 6.99. The Morgan fingerprint density at radius 3 is 2.50 bits per heavy atom. The Labute approximate surface area is 180 Å². The van der Waals surface area contributed by atoms with Gasteiger partial charge in [-0.2, -0.15) is 0 Å². The summed E-state index contributed by atoms with van der Waals surface area (Å²) in [6.07, 6.45) is 0. The molecule has 28 heavy (non-hydrogen) atoms. The fraction of sp³-hybridized carbons (Fsp3) is 0.364. The van der Waals surface area contributed by atoms with Gasteiger partial charge in [0.2, 0.25) is 11.8 Å². The Bertz CT molecular complexity index is 795. The highest BCUT2D eigenvalue weighted by Gasteiger charge is 2.25. The number of benzene rings is 2. The van der Waals surface area contributed by atoms with Crippen molar-refractivity contribution >= 4 is 39.5 Å². The zero-order valence-corrected chi connectivity index (χ0v) is 19.0. The molecule has 2 aromatic rings. The number of amides is 2. The second kappa shape index (κ2) is 11.3. The van der Waals surface area contributed by atoms with Gasteiger partial charge in [-0.3, -0.25) is 9.59 Å². The molecule has 0 heterocycles. The molecule has 0 fully saturated rings. The quantitative estimate of drug-likeness (QED) is 0.594. The van der Waals surface area contributed by atoms with Crippen LogP contribution in [-0.2, 0) is 21.9 Å². The molecule has 0 bridgehead atoms. The summed E-state index contributed by atoms with van der Waals surface area (Å²) in [6.45, 7) is 6.69. The number of carbonyl (C=O) groups is 2. The van der Waals surface area contributed by atoms with Crippen LogP contribution in [0.15, 0.2) is 53.0 Å². The third-order valence-electron chi connectivity index (χ3n) is 4.36. The predicted octanol–water partition coefficient (Wildman–Crippen LogP) is 4.54. The van der Waals surface area contributed by atoms with E-state index in [0.717, 1.165) is 15.8 Å². The van der Waals surface area contributed by atoms with E-state index in [9.17, 15) is 9.59 Å². The zero-order chi connectivity index (χ0) is 20.5. The molecule has 2 aromatic carbocycles. The number of nitrogens with zero attached hydrogens (tertiary/aromatic N) is 1. The van der Waals surface area contributed by atoms with E-state index in [1.807, 2.05) is 37.3 Å². The Kier molecular flexibility index (Phi) is 9.06. The fourth-order valence-corrected chi connectivity index (χ4v) is 3.95. The fourth-order valence-electron chi connectivity index (χ4n) is 2.83. The number of hydrogen-bond acceptors (Lipinski definition) is 3. The molecule has 0 aliphatic carbocycles. The van der Waals surface area contributed by atoms with Gasteiger partial charge < -0.3 is 10.2 Å². The maximum Gasteiger partial charge on any atom is 0.242 e. The van der Waals surface area contributed by atoms with Crippen molar-refractivity contribution in [3.63, 3.8) is 0 Å². The van der Waals surface area contributed by atoms with E-state index in [4.69, 9.17) is 0 Å². The molecule has 0 saturated carbocycles. The zero-order valence-electron chi connectivity index (χ0n) is 16.6. The van der Waals surface area contributed by atoms with Gasteiger partial charge in [0.1, 0.15) is 6.04 Å². The molecule has 0 aromatic heterocycles. The van der Waals surface area contributed by atoms with Crippen LogP contribution in [0.2, 0.25) is 0 Å². The van der Waals surface area contributed by atoms with Crippen LogP contribution in [0.1, 0.15) is 30.5 Å². The molecule has 1 N–H and O–H groups in total. The number of likely N-dealkylation sites (N-methyl/N-ethyl adjacent to an activating group) is 1. The molecule has 4 nitrogen and oxygen atoms in total. The molecule has 1 unspecified atom stereocenters. The highest BCUT2D eigenvalue weighted by atomic mass is 79.9. The summed E-state index contributed by atoms with van der Waals surface area (Å²) in [4.78, 5) is 26.9. The summed E-state index contributed by atoms with van der Waals surface area (Å²) in [5.41, 5.74) is 3.41. The van der Waals surface area contributed by atoms with Crippen LogP contribution in [0.25, 0.3) is 0 Å². The maximum atomic E-state index is 12.9. The van der Waals surface area contributed by atoms with Gasteiger partial charge in [0.05, 0.1) is 5.75 Å².